The maximum atomic E-state index is 15.5. The Morgan fingerprint density at radius 3 is 1.82 bits per heavy atom. The Balaban J connectivity index is 1.20. The summed E-state index contributed by atoms with van der Waals surface area (Å²) in [5.41, 5.74) is -1.67. The number of halogens is 7. The predicted octanol–water partition coefficient (Wildman–Crippen LogP) is 5.95. The van der Waals surface area contributed by atoms with Crippen LogP contribution in [-0.2, 0) is 62.3 Å². The van der Waals surface area contributed by atoms with Crippen molar-refractivity contribution in [3.05, 3.63) is 12.2 Å². The van der Waals surface area contributed by atoms with E-state index in [0.717, 1.165) is 43.8 Å². The number of carbonyl (C=O) groups excluding carboxylic acids is 12. The van der Waals surface area contributed by atoms with Crippen molar-refractivity contribution in [3.8, 4) is 0 Å². The zero-order chi connectivity index (χ0) is 78.9. The molecule has 8 aliphatic rings. The molecule has 3 aliphatic heterocycles. The maximum Gasteiger partial charge on any atom is 0.397 e. The van der Waals surface area contributed by atoms with Crippen LogP contribution >= 0.6 is 0 Å². The number of ether oxygens (including phenoxy) is 1. The summed E-state index contributed by atoms with van der Waals surface area (Å²) in [5, 5.41) is 8.50. The SMILES string of the molecule is CCO[C@@H]1C[C@H]2C(=O)NC3(CCC3)C(=O)N(C)[C@@H](C3CCCC3)C(=O)N(C)[C@H](C(=O)N(C)C)CC(=O)N(C)[C@@H](CC3CCC3)C(=O)N[C@@H]([C@@H](C)CC)C(=O)N(C)CC(=O)N(C)[C@H]3C/C=C\CCN(C3=O)[C@@H](CC3CCC(F)(F)CC3)C(=O)N(C)CC(=O)N[C@@H](CCC3CC(F)C(C(F)(F)F)C(F)C3)C(=O)N2C1. The van der Waals surface area contributed by atoms with Crippen LogP contribution in [0, 0.1) is 35.5 Å². The van der Waals surface area contributed by atoms with Gasteiger partial charge in [-0.15, -0.1) is 0 Å². The second-order valence-electron chi connectivity index (χ2n) is 32.1. The van der Waals surface area contributed by atoms with E-state index in [4.69, 9.17) is 4.74 Å². The van der Waals surface area contributed by atoms with Gasteiger partial charge < -0.3 is 64.8 Å². The van der Waals surface area contributed by atoms with Gasteiger partial charge in [-0.3, -0.25) is 57.5 Å². The van der Waals surface area contributed by atoms with Crippen LogP contribution in [0.2, 0.25) is 0 Å². The molecule has 5 aliphatic carbocycles. The van der Waals surface area contributed by atoms with Gasteiger partial charge in [-0.05, 0) is 133 Å². The minimum absolute atomic E-state index is 0.00119. The van der Waals surface area contributed by atoms with Gasteiger partial charge in [0.2, 0.25) is 76.8 Å². The van der Waals surface area contributed by atoms with Gasteiger partial charge in [0.25, 0.3) is 0 Å². The Morgan fingerprint density at radius 2 is 1.25 bits per heavy atom. The number of nitrogens with one attached hydrogen (secondary N) is 3. The van der Waals surface area contributed by atoms with Crippen LogP contribution in [0.1, 0.15) is 181 Å². The van der Waals surface area contributed by atoms with Crippen molar-refractivity contribution in [1.29, 1.82) is 0 Å². The van der Waals surface area contributed by atoms with E-state index in [0.29, 0.717) is 38.5 Å². The molecule has 0 aromatic carbocycles. The van der Waals surface area contributed by atoms with E-state index in [1.54, 1.807) is 32.9 Å². The van der Waals surface area contributed by atoms with Crippen LogP contribution in [0.3, 0.4) is 0 Å². The molecule has 12 amide bonds. The van der Waals surface area contributed by atoms with Gasteiger partial charge in [0, 0.05) is 95.3 Å². The van der Waals surface area contributed by atoms with Crippen LogP contribution in [0.25, 0.3) is 0 Å². The molecular formula is C75H115F7N12O13. The van der Waals surface area contributed by atoms with Crippen molar-refractivity contribution >= 4 is 70.9 Å². The summed E-state index contributed by atoms with van der Waals surface area (Å²) in [7, 11) is 11.1. The fourth-order valence-corrected chi connectivity index (χ4v) is 17.2. The molecule has 7 fully saturated rings. The molecule has 2 unspecified atom stereocenters. The van der Waals surface area contributed by atoms with E-state index in [1.165, 1.54) is 76.0 Å². The summed E-state index contributed by atoms with van der Waals surface area (Å²) in [6, 6.07) is -11.1. The van der Waals surface area contributed by atoms with E-state index < -0.39 is 237 Å². The first-order valence-electron chi connectivity index (χ1n) is 38.6. The number of likely N-dealkylation sites (N-methyl/N-ethyl adjacent to an activating group) is 7. The summed E-state index contributed by atoms with van der Waals surface area (Å²) in [5.74, 6) is -17.7. The number of alkyl halides is 7. The number of fused-ring (bicyclic) bond motifs is 3. The third-order valence-corrected chi connectivity index (χ3v) is 24.5. The van der Waals surface area contributed by atoms with Gasteiger partial charge in [0.05, 0.1) is 25.6 Å². The lowest BCUT2D eigenvalue weighted by Crippen LogP contribution is -2.68. The predicted molar refractivity (Wildman–Crippen MR) is 379 cm³/mol. The summed E-state index contributed by atoms with van der Waals surface area (Å²) in [4.78, 5) is 192. The van der Waals surface area contributed by atoms with Crippen LogP contribution in [0.5, 0.6) is 0 Å². The lowest BCUT2D eigenvalue weighted by molar-refractivity contribution is -0.219. The Morgan fingerprint density at radius 1 is 0.636 bits per heavy atom. The molecule has 8 rings (SSSR count). The summed E-state index contributed by atoms with van der Waals surface area (Å²) in [6.45, 7) is 3.44. The van der Waals surface area contributed by atoms with E-state index in [9.17, 15) is 41.1 Å². The summed E-state index contributed by atoms with van der Waals surface area (Å²) >= 11 is 0. The molecule has 5 saturated carbocycles. The largest absolute Gasteiger partial charge is 0.397 e. The summed E-state index contributed by atoms with van der Waals surface area (Å²) in [6.07, 6.45) is -6.30. The van der Waals surface area contributed by atoms with Crippen molar-refractivity contribution < 1.29 is 93.0 Å². The number of hydrogen-bond acceptors (Lipinski definition) is 13. The molecule has 107 heavy (non-hydrogen) atoms. The molecular weight excluding hydrogens is 1410 g/mol. The smallest absolute Gasteiger partial charge is 0.377 e. The highest BCUT2D eigenvalue weighted by Crippen LogP contribution is 2.46. The van der Waals surface area contributed by atoms with Gasteiger partial charge in [-0.25, -0.2) is 17.6 Å². The van der Waals surface area contributed by atoms with Gasteiger partial charge in [-0.2, -0.15) is 13.2 Å². The molecule has 3 N–H and O–H groups in total. The minimum atomic E-state index is -5.20. The number of hydrogen-bond donors (Lipinski definition) is 3. The van der Waals surface area contributed by atoms with E-state index in [-0.39, 0.29) is 89.8 Å². The molecule has 2 saturated heterocycles. The second kappa shape index (κ2) is 36.6. The highest BCUT2D eigenvalue weighted by molar-refractivity contribution is 6.01. The molecule has 0 radical (unpaired) electrons. The zero-order valence-corrected chi connectivity index (χ0v) is 64.2. The lowest BCUT2D eigenvalue weighted by atomic mass is 9.74. The van der Waals surface area contributed by atoms with Crippen molar-refractivity contribution in [1.82, 2.24) is 60.0 Å². The molecule has 3 heterocycles. The first-order chi connectivity index (χ1) is 50.3. The van der Waals surface area contributed by atoms with Crippen LogP contribution in [-0.4, -0.2) is 289 Å². The van der Waals surface area contributed by atoms with Crippen molar-refractivity contribution in [2.75, 3.05) is 89.2 Å². The molecule has 602 valence electrons. The Labute approximate surface area is 624 Å². The van der Waals surface area contributed by atoms with Gasteiger partial charge in [0.1, 0.15) is 72.1 Å². The van der Waals surface area contributed by atoms with Crippen LogP contribution in [0.15, 0.2) is 12.2 Å². The average molecular weight is 1530 g/mol. The third kappa shape index (κ3) is 20.5. The minimum Gasteiger partial charge on any atom is -0.377 e. The summed E-state index contributed by atoms with van der Waals surface area (Å²) < 4.78 is 108. The topological polar surface area (TPSA) is 279 Å². The Hall–Kier alpha value is -7.15. The number of rotatable bonds is 13. The zero-order valence-electron chi connectivity index (χ0n) is 64.2. The molecule has 32 heteroatoms. The number of carbonyl (C=O) groups is 12. The van der Waals surface area contributed by atoms with E-state index >= 15 is 47.1 Å². The van der Waals surface area contributed by atoms with Crippen molar-refractivity contribution in [2.24, 2.45) is 35.5 Å². The highest BCUT2D eigenvalue weighted by atomic mass is 19.4. The first-order valence-corrected chi connectivity index (χ1v) is 38.6. The standard InChI is InChI=1S/C75H115F7N12O13/c1-12-44(3)62-70(104)88(7)43-60(97)89(8)53-25-15-14-18-34-93(69(53)103)57(38-46-28-32-74(78,79)33-29-46)68(102)87(6)42-58(95)83-52(27-26-47-35-50(76)61(51(77)36-47)75(80,81)82)66(100)94-41-49(107-13-2)39-55(94)65(99)85-73(30-20-31-73)72(106)92(11)63(48-23-16-17-24-48)71(105)91(10)56(67(101)86(4)5)40-59(96)90(9)54(64(98)84-62)37-45-21-19-22-45/h14-15,44-57,61-63H,12-13,16-43H2,1-11H3,(H,83,95)(H,84,98)(H,85,99)/b15-14-/t44-,47?,49+,50?,51?,52-,53-,54-,55-,56-,57-,61?,62-,63-/m0/s1. The molecule has 2 bridgehead atoms. The van der Waals surface area contributed by atoms with E-state index in [2.05, 4.69) is 16.0 Å². The Bertz CT molecular complexity index is 3220. The fraction of sp³-hybridized carbons (Fsp3) is 0.813. The molecule has 1 spiro atoms. The van der Waals surface area contributed by atoms with Gasteiger partial charge >= 0.3 is 6.18 Å². The maximum absolute atomic E-state index is 15.5. The molecule has 25 nitrogen and oxygen atoms in total. The first kappa shape index (κ1) is 85.5. The fourth-order valence-electron chi connectivity index (χ4n) is 17.2. The van der Waals surface area contributed by atoms with Crippen molar-refractivity contribution in [3.63, 3.8) is 0 Å². The number of amides is 12. The highest BCUT2D eigenvalue weighted by Gasteiger charge is 2.56. The molecule has 12 atom stereocenters. The Kier molecular flexibility index (Phi) is 29.2. The molecule has 0 aromatic heterocycles. The number of nitrogens with zero attached hydrogens (tertiary/aromatic N) is 9. The average Bonchev–Trinajstić information content (AvgIpc) is 1.69. The van der Waals surface area contributed by atoms with E-state index in [1.807, 2.05) is 0 Å². The van der Waals surface area contributed by atoms with Gasteiger partial charge in [0.15, 0.2) is 0 Å². The molecule has 0 aromatic rings. The second-order valence-corrected chi connectivity index (χ2v) is 32.1. The quantitative estimate of drug-likeness (QED) is 0.142. The monoisotopic (exact) mass is 1520 g/mol. The van der Waals surface area contributed by atoms with Crippen molar-refractivity contribution in [2.45, 2.75) is 266 Å². The lowest BCUT2D eigenvalue weighted by Gasteiger charge is -2.46. The van der Waals surface area contributed by atoms with Crippen LogP contribution in [0.4, 0.5) is 30.7 Å². The third-order valence-electron chi connectivity index (χ3n) is 24.5. The van der Waals surface area contributed by atoms with Crippen LogP contribution < -0.4 is 16.0 Å². The normalized spacial score (nSPS) is 32.1. The van der Waals surface area contributed by atoms with Gasteiger partial charge in [-0.1, -0.05) is 64.5 Å².